The lowest BCUT2D eigenvalue weighted by Gasteiger charge is -2.31. The van der Waals surface area contributed by atoms with Gasteiger partial charge in [-0.1, -0.05) is 29.3 Å². The van der Waals surface area contributed by atoms with Crippen LogP contribution in [0.4, 0.5) is 5.69 Å². The van der Waals surface area contributed by atoms with Crippen LogP contribution in [-0.4, -0.2) is 63.9 Å². The predicted molar refractivity (Wildman–Crippen MR) is 123 cm³/mol. The minimum atomic E-state index is -3.68. The Morgan fingerprint density at radius 3 is 2.42 bits per heavy atom. The minimum absolute atomic E-state index is 0.0987. The molecule has 0 aromatic heterocycles. The molecule has 1 aliphatic rings. The number of benzene rings is 2. The zero-order valence-electron chi connectivity index (χ0n) is 17.1. The normalized spacial score (nSPS) is 15.9. The van der Waals surface area contributed by atoms with E-state index < -0.39 is 15.9 Å². The van der Waals surface area contributed by atoms with E-state index in [-0.39, 0.29) is 10.6 Å². The van der Waals surface area contributed by atoms with Gasteiger partial charge >= 0.3 is 0 Å². The van der Waals surface area contributed by atoms with Crippen LogP contribution in [0.1, 0.15) is 5.56 Å². The van der Waals surface area contributed by atoms with Crippen molar-refractivity contribution >= 4 is 50.9 Å². The van der Waals surface area contributed by atoms with E-state index in [1.807, 2.05) is 7.05 Å². The quantitative estimate of drug-likeness (QED) is 0.635. The lowest BCUT2D eigenvalue weighted by atomic mass is 10.2. The number of carbonyl (C=O) groups is 1. The Bertz CT molecular complexity index is 1100. The highest BCUT2D eigenvalue weighted by molar-refractivity contribution is 7.89. The third-order valence-corrected chi connectivity index (χ3v) is 7.53. The Balaban J connectivity index is 1.79. The number of rotatable bonds is 6. The van der Waals surface area contributed by atoms with Crippen molar-refractivity contribution in [2.75, 3.05) is 45.7 Å². The molecule has 0 radical (unpaired) electrons. The van der Waals surface area contributed by atoms with Crippen molar-refractivity contribution < 1.29 is 17.9 Å². The van der Waals surface area contributed by atoms with Gasteiger partial charge in [-0.3, -0.25) is 4.79 Å². The Labute approximate surface area is 192 Å². The highest BCUT2D eigenvalue weighted by atomic mass is 35.5. The number of ether oxygens (including phenoxy) is 1. The number of piperazine rings is 1. The Morgan fingerprint density at radius 2 is 1.77 bits per heavy atom. The first kappa shape index (κ1) is 23.6. The van der Waals surface area contributed by atoms with E-state index >= 15 is 0 Å². The summed E-state index contributed by atoms with van der Waals surface area (Å²) in [7, 11) is -0.274. The summed E-state index contributed by atoms with van der Waals surface area (Å²) < 4.78 is 32.8. The van der Waals surface area contributed by atoms with Crippen LogP contribution in [0.25, 0.3) is 6.08 Å². The molecule has 2 aromatic carbocycles. The van der Waals surface area contributed by atoms with Gasteiger partial charge in [-0.05, 0) is 49.0 Å². The van der Waals surface area contributed by atoms with Gasteiger partial charge in [0.2, 0.25) is 15.9 Å². The fourth-order valence-electron chi connectivity index (χ4n) is 3.09. The SMILES string of the molecule is COc1ccc(S(=O)(=O)N2CCN(C)CC2)cc1NC(=O)/C=C/c1ccc(Cl)c(Cl)c1. The van der Waals surface area contributed by atoms with Crippen molar-refractivity contribution in [2.45, 2.75) is 4.90 Å². The van der Waals surface area contributed by atoms with Crippen molar-refractivity contribution in [3.05, 3.63) is 58.1 Å². The molecule has 2 aromatic rings. The summed E-state index contributed by atoms with van der Waals surface area (Å²) in [6.45, 7) is 2.16. The Hall–Kier alpha value is -2.10. The molecule has 0 spiro atoms. The standard InChI is InChI=1S/C21H23Cl2N3O4S/c1-25-9-11-26(12-10-25)31(28,29)16-5-7-20(30-2)19(14-16)24-21(27)8-4-15-3-6-17(22)18(23)13-15/h3-8,13-14H,9-12H2,1-2H3,(H,24,27)/b8-4+. The van der Waals surface area contributed by atoms with E-state index in [1.54, 1.807) is 24.3 Å². The maximum Gasteiger partial charge on any atom is 0.248 e. The number of sulfonamides is 1. The molecule has 0 bridgehead atoms. The van der Waals surface area contributed by atoms with Crippen LogP contribution in [0, 0.1) is 0 Å². The second-order valence-electron chi connectivity index (χ2n) is 7.07. The lowest BCUT2D eigenvalue weighted by Crippen LogP contribution is -2.47. The van der Waals surface area contributed by atoms with Gasteiger partial charge in [0.15, 0.2) is 0 Å². The predicted octanol–water partition coefficient (Wildman–Crippen LogP) is 3.59. The molecule has 0 aliphatic carbocycles. The number of likely N-dealkylation sites (N-methyl/N-ethyl adjacent to an activating group) is 1. The van der Waals surface area contributed by atoms with Gasteiger partial charge in [0.05, 0.1) is 27.7 Å². The smallest absolute Gasteiger partial charge is 0.248 e. The van der Waals surface area contributed by atoms with E-state index in [0.717, 1.165) is 0 Å². The summed E-state index contributed by atoms with van der Waals surface area (Å²) >= 11 is 11.9. The number of carbonyl (C=O) groups excluding carboxylic acids is 1. The van der Waals surface area contributed by atoms with Gasteiger partial charge < -0.3 is 15.0 Å². The van der Waals surface area contributed by atoms with Crippen LogP contribution in [0.15, 0.2) is 47.4 Å². The molecular formula is C21H23Cl2N3O4S. The van der Waals surface area contributed by atoms with Crippen molar-refractivity contribution in [3.8, 4) is 5.75 Å². The number of halogens is 2. The molecule has 0 unspecified atom stereocenters. The summed E-state index contributed by atoms with van der Waals surface area (Å²) in [6, 6.07) is 9.42. The molecule has 166 valence electrons. The summed E-state index contributed by atoms with van der Waals surface area (Å²) in [6.07, 6.45) is 2.90. The molecule has 1 N–H and O–H groups in total. The average molecular weight is 484 g/mol. The summed E-state index contributed by atoms with van der Waals surface area (Å²) in [5.74, 6) is -0.0906. The highest BCUT2D eigenvalue weighted by Crippen LogP contribution is 2.29. The van der Waals surface area contributed by atoms with Gasteiger partial charge in [0.1, 0.15) is 5.75 Å². The number of amides is 1. The van der Waals surface area contributed by atoms with Crippen molar-refractivity contribution in [1.82, 2.24) is 9.21 Å². The number of nitrogens with one attached hydrogen (secondary N) is 1. The van der Waals surface area contributed by atoms with Gasteiger partial charge in [0.25, 0.3) is 0 Å². The van der Waals surface area contributed by atoms with E-state index in [1.165, 1.54) is 35.7 Å². The van der Waals surface area contributed by atoms with E-state index in [0.29, 0.717) is 47.5 Å². The summed E-state index contributed by atoms with van der Waals surface area (Å²) in [5, 5.41) is 3.48. The molecule has 31 heavy (non-hydrogen) atoms. The van der Waals surface area contributed by atoms with Crippen molar-refractivity contribution in [1.29, 1.82) is 0 Å². The first-order valence-electron chi connectivity index (χ1n) is 9.51. The van der Waals surface area contributed by atoms with Crippen LogP contribution >= 0.6 is 23.2 Å². The Morgan fingerprint density at radius 1 is 1.06 bits per heavy atom. The van der Waals surface area contributed by atoms with Gasteiger partial charge in [-0.15, -0.1) is 0 Å². The van der Waals surface area contributed by atoms with E-state index in [2.05, 4.69) is 10.2 Å². The fraction of sp³-hybridized carbons (Fsp3) is 0.286. The number of hydrogen-bond acceptors (Lipinski definition) is 5. The third kappa shape index (κ3) is 5.78. The minimum Gasteiger partial charge on any atom is -0.495 e. The van der Waals surface area contributed by atoms with Crippen LogP contribution < -0.4 is 10.1 Å². The summed E-state index contributed by atoms with van der Waals surface area (Å²) in [5.41, 5.74) is 0.962. The second-order valence-corrected chi connectivity index (χ2v) is 9.82. The molecule has 7 nitrogen and oxygen atoms in total. The number of hydrogen-bond donors (Lipinski definition) is 1. The van der Waals surface area contributed by atoms with Crippen LogP contribution in [-0.2, 0) is 14.8 Å². The zero-order valence-corrected chi connectivity index (χ0v) is 19.5. The maximum atomic E-state index is 13.0. The molecule has 3 rings (SSSR count). The molecule has 1 saturated heterocycles. The third-order valence-electron chi connectivity index (χ3n) is 4.90. The first-order chi connectivity index (χ1) is 14.7. The molecule has 1 aliphatic heterocycles. The molecule has 10 heteroatoms. The number of nitrogens with zero attached hydrogens (tertiary/aromatic N) is 2. The largest absolute Gasteiger partial charge is 0.495 e. The van der Waals surface area contributed by atoms with Crippen molar-refractivity contribution in [3.63, 3.8) is 0 Å². The van der Waals surface area contributed by atoms with Crippen LogP contribution in [0.5, 0.6) is 5.75 Å². The topological polar surface area (TPSA) is 79.0 Å². The molecule has 1 amide bonds. The molecule has 0 atom stereocenters. The molecule has 1 fully saturated rings. The van der Waals surface area contributed by atoms with E-state index in [4.69, 9.17) is 27.9 Å². The maximum absolute atomic E-state index is 13.0. The van der Waals surface area contributed by atoms with Crippen molar-refractivity contribution in [2.24, 2.45) is 0 Å². The number of methoxy groups -OCH3 is 1. The fourth-order valence-corrected chi connectivity index (χ4v) is 4.84. The molecule has 0 saturated carbocycles. The second kappa shape index (κ2) is 10.0. The van der Waals surface area contributed by atoms with Gasteiger partial charge in [-0.2, -0.15) is 4.31 Å². The zero-order chi connectivity index (χ0) is 22.6. The average Bonchev–Trinajstić information content (AvgIpc) is 2.75. The highest BCUT2D eigenvalue weighted by Gasteiger charge is 2.28. The molecular weight excluding hydrogens is 461 g/mol. The van der Waals surface area contributed by atoms with Crippen LogP contribution in [0.3, 0.4) is 0 Å². The van der Waals surface area contributed by atoms with Gasteiger partial charge in [-0.25, -0.2) is 8.42 Å². The lowest BCUT2D eigenvalue weighted by molar-refractivity contribution is -0.111. The van der Waals surface area contributed by atoms with Crippen LogP contribution in [0.2, 0.25) is 10.0 Å². The van der Waals surface area contributed by atoms with Gasteiger partial charge in [0, 0.05) is 32.3 Å². The van der Waals surface area contributed by atoms with E-state index in [9.17, 15) is 13.2 Å². The Kier molecular flexibility index (Phi) is 7.61. The molecule has 1 heterocycles. The first-order valence-corrected chi connectivity index (χ1v) is 11.7. The monoisotopic (exact) mass is 483 g/mol. The summed E-state index contributed by atoms with van der Waals surface area (Å²) in [4.78, 5) is 14.6. The number of anilines is 1.